The van der Waals surface area contributed by atoms with Gasteiger partial charge in [0.1, 0.15) is 5.92 Å². The number of ketones is 1. The molecule has 66 valence electrons. The summed E-state index contributed by atoms with van der Waals surface area (Å²) in [5, 5.41) is -0.241. The molecule has 4 heteroatoms. The number of carbonyl (C=O) groups excluding carboxylic acids is 2. The summed E-state index contributed by atoms with van der Waals surface area (Å²) in [6.45, 7) is 0. The molecule has 0 aromatic carbocycles. The molecule has 1 aliphatic carbocycles. The molecule has 0 saturated heterocycles. The van der Waals surface area contributed by atoms with Crippen LogP contribution in [0.15, 0.2) is 12.2 Å². The Balaban J connectivity index is 2.79. The summed E-state index contributed by atoms with van der Waals surface area (Å²) in [5.41, 5.74) is 0. The third-order valence-corrected chi connectivity index (χ3v) is 2.32. The van der Waals surface area contributed by atoms with E-state index in [9.17, 15) is 9.59 Å². The number of methoxy groups -OCH3 is 1. The first-order valence-corrected chi connectivity index (χ1v) is 4.14. The lowest BCUT2D eigenvalue weighted by Crippen LogP contribution is -2.34. The van der Waals surface area contributed by atoms with Crippen LogP contribution < -0.4 is 0 Å². The molecular weight excluding hydrogens is 176 g/mol. The number of esters is 1. The van der Waals surface area contributed by atoms with E-state index in [2.05, 4.69) is 17.4 Å². The van der Waals surface area contributed by atoms with Crippen molar-refractivity contribution in [3.63, 3.8) is 0 Å². The number of rotatable bonds is 1. The van der Waals surface area contributed by atoms with Gasteiger partial charge in [-0.3, -0.25) is 9.59 Å². The van der Waals surface area contributed by atoms with Gasteiger partial charge in [-0.25, -0.2) is 0 Å². The van der Waals surface area contributed by atoms with Gasteiger partial charge in [-0.2, -0.15) is 12.6 Å². The second-order valence-electron chi connectivity index (χ2n) is 2.61. The van der Waals surface area contributed by atoms with Gasteiger partial charge in [-0.1, -0.05) is 6.08 Å². The van der Waals surface area contributed by atoms with E-state index < -0.39 is 11.9 Å². The Hall–Kier alpha value is -0.770. The lowest BCUT2D eigenvalue weighted by atomic mass is 9.93. The molecule has 2 unspecified atom stereocenters. The van der Waals surface area contributed by atoms with Crippen molar-refractivity contribution < 1.29 is 14.3 Å². The van der Waals surface area contributed by atoms with Crippen LogP contribution in [0.5, 0.6) is 0 Å². The fourth-order valence-corrected chi connectivity index (χ4v) is 1.54. The lowest BCUT2D eigenvalue weighted by molar-refractivity contribution is -0.148. The molecule has 0 aromatic heterocycles. The first-order chi connectivity index (χ1) is 5.66. The second kappa shape index (κ2) is 3.76. The van der Waals surface area contributed by atoms with Crippen molar-refractivity contribution in [2.24, 2.45) is 5.92 Å². The Morgan fingerprint density at radius 1 is 1.75 bits per heavy atom. The molecule has 0 spiro atoms. The normalized spacial score (nSPS) is 28.7. The number of ether oxygens (including phenoxy) is 1. The van der Waals surface area contributed by atoms with Crippen LogP contribution in [0.1, 0.15) is 6.42 Å². The van der Waals surface area contributed by atoms with Crippen LogP contribution in [0.4, 0.5) is 0 Å². The average molecular weight is 186 g/mol. The highest BCUT2D eigenvalue weighted by molar-refractivity contribution is 7.81. The predicted octanol–water partition coefficient (Wildman–Crippen LogP) is 0.603. The van der Waals surface area contributed by atoms with Gasteiger partial charge in [0.25, 0.3) is 0 Å². The van der Waals surface area contributed by atoms with E-state index >= 15 is 0 Å². The van der Waals surface area contributed by atoms with Crippen LogP contribution in [0.3, 0.4) is 0 Å². The number of thiol groups is 1. The third-order valence-electron chi connectivity index (χ3n) is 1.81. The van der Waals surface area contributed by atoms with Crippen LogP contribution in [0, 0.1) is 5.92 Å². The van der Waals surface area contributed by atoms with Crippen molar-refractivity contribution >= 4 is 24.4 Å². The van der Waals surface area contributed by atoms with E-state index in [0.717, 1.165) is 0 Å². The standard InChI is InChI=1S/C8H10O3S/c1-11-8(10)7-5(9)3-2-4-6(7)12/h2-3,6-7,12H,4H2,1H3. The Morgan fingerprint density at radius 2 is 2.42 bits per heavy atom. The smallest absolute Gasteiger partial charge is 0.317 e. The minimum absolute atomic E-state index is 0.215. The average Bonchev–Trinajstić information content (AvgIpc) is 2.03. The molecule has 0 fully saturated rings. The quantitative estimate of drug-likeness (QED) is 0.370. The largest absolute Gasteiger partial charge is 0.468 e. The molecule has 12 heavy (non-hydrogen) atoms. The zero-order valence-corrected chi connectivity index (χ0v) is 7.58. The predicted molar refractivity (Wildman–Crippen MR) is 47.0 cm³/mol. The highest BCUT2D eigenvalue weighted by Gasteiger charge is 2.33. The van der Waals surface area contributed by atoms with E-state index in [4.69, 9.17) is 0 Å². The molecule has 0 saturated carbocycles. The highest BCUT2D eigenvalue weighted by Crippen LogP contribution is 2.22. The van der Waals surface area contributed by atoms with Crippen molar-refractivity contribution in [3.8, 4) is 0 Å². The van der Waals surface area contributed by atoms with E-state index in [1.54, 1.807) is 6.08 Å². The Kier molecular flexibility index (Phi) is 2.92. The first-order valence-electron chi connectivity index (χ1n) is 3.63. The third kappa shape index (κ3) is 1.69. The van der Waals surface area contributed by atoms with Gasteiger partial charge in [0.05, 0.1) is 7.11 Å². The van der Waals surface area contributed by atoms with Crippen molar-refractivity contribution in [1.82, 2.24) is 0 Å². The van der Waals surface area contributed by atoms with Crippen LogP contribution in [-0.2, 0) is 14.3 Å². The maximum atomic E-state index is 11.2. The molecule has 0 heterocycles. The van der Waals surface area contributed by atoms with Crippen molar-refractivity contribution in [2.75, 3.05) is 7.11 Å². The van der Waals surface area contributed by atoms with Gasteiger partial charge in [-0.05, 0) is 12.5 Å². The summed E-state index contributed by atoms with van der Waals surface area (Å²) in [7, 11) is 1.27. The van der Waals surface area contributed by atoms with Crippen LogP contribution >= 0.6 is 12.6 Å². The van der Waals surface area contributed by atoms with Crippen molar-refractivity contribution in [1.29, 1.82) is 0 Å². The fourth-order valence-electron chi connectivity index (χ4n) is 1.15. The molecule has 0 amide bonds. The summed E-state index contributed by atoms with van der Waals surface area (Å²) in [6, 6.07) is 0. The van der Waals surface area contributed by atoms with Crippen LogP contribution in [0.25, 0.3) is 0 Å². The lowest BCUT2D eigenvalue weighted by Gasteiger charge is -2.20. The van der Waals surface area contributed by atoms with Gasteiger partial charge in [0.2, 0.25) is 0 Å². The summed E-state index contributed by atoms with van der Waals surface area (Å²) in [4.78, 5) is 22.2. The van der Waals surface area contributed by atoms with Crippen LogP contribution in [-0.4, -0.2) is 24.1 Å². The molecule has 0 N–H and O–H groups in total. The Morgan fingerprint density at radius 3 is 2.92 bits per heavy atom. The molecule has 3 nitrogen and oxygen atoms in total. The molecule has 0 aliphatic heterocycles. The molecule has 0 bridgehead atoms. The first kappa shape index (κ1) is 9.32. The maximum Gasteiger partial charge on any atom is 0.317 e. The molecule has 1 rings (SSSR count). The molecule has 1 aliphatic rings. The minimum Gasteiger partial charge on any atom is -0.468 e. The summed E-state index contributed by atoms with van der Waals surface area (Å²) in [5.74, 6) is -1.43. The van der Waals surface area contributed by atoms with E-state index in [1.165, 1.54) is 13.2 Å². The van der Waals surface area contributed by atoms with E-state index in [0.29, 0.717) is 6.42 Å². The van der Waals surface area contributed by atoms with Crippen molar-refractivity contribution in [3.05, 3.63) is 12.2 Å². The van der Waals surface area contributed by atoms with Gasteiger partial charge in [0.15, 0.2) is 5.78 Å². The number of allylic oxidation sites excluding steroid dienone is 2. The molecule has 2 atom stereocenters. The number of hydrogen-bond donors (Lipinski definition) is 1. The van der Waals surface area contributed by atoms with Gasteiger partial charge >= 0.3 is 5.97 Å². The summed E-state index contributed by atoms with van der Waals surface area (Å²) in [6.07, 6.45) is 3.77. The maximum absolute atomic E-state index is 11.2. The monoisotopic (exact) mass is 186 g/mol. The van der Waals surface area contributed by atoms with Gasteiger partial charge in [-0.15, -0.1) is 0 Å². The topological polar surface area (TPSA) is 43.4 Å². The molecule has 0 radical (unpaired) electrons. The highest BCUT2D eigenvalue weighted by atomic mass is 32.1. The van der Waals surface area contributed by atoms with Crippen LogP contribution in [0.2, 0.25) is 0 Å². The van der Waals surface area contributed by atoms with Gasteiger partial charge in [0, 0.05) is 5.25 Å². The van der Waals surface area contributed by atoms with Crippen molar-refractivity contribution in [2.45, 2.75) is 11.7 Å². The van der Waals surface area contributed by atoms with Gasteiger partial charge < -0.3 is 4.74 Å². The Bertz CT molecular complexity index is 234. The zero-order chi connectivity index (χ0) is 9.14. The zero-order valence-electron chi connectivity index (χ0n) is 6.69. The molecular formula is C8H10O3S. The number of carbonyl (C=O) groups is 2. The number of hydrogen-bond acceptors (Lipinski definition) is 4. The van der Waals surface area contributed by atoms with E-state index in [-0.39, 0.29) is 11.0 Å². The Labute approximate surface area is 76.2 Å². The SMILES string of the molecule is COC(=O)C1C(=O)C=CCC1S. The van der Waals surface area contributed by atoms with E-state index in [1.807, 2.05) is 0 Å². The fraction of sp³-hybridized carbons (Fsp3) is 0.500. The summed E-state index contributed by atoms with van der Waals surface area (Å²) < 4.78 is 4.49. The summed E-state index contributed by atoms with van der Waals surface area (Å²) >= 11 is 4.14. The minimum atomic E-state index is -0.719. The molecule has 0 aromatic rings. The second-order valence-corrected chi connectivity index (χ2v) is 3.27.